The fraction of sp³-hybridized carbons (Fsp3) is 0.0690. The van der Waals surface area contributed by atoms with Gasteiger partial charge < -0.3 is 0 Å². The topological polar surface area (TPSA) is 12.9 Å². The Morgan fingerprint density at radius 2 is 1.33 bits per heavy atom. The molecule has 0 unspecified atom stereocenters. The molecule has 0 aliphatic rings. The van der Waals surface area contributed by atoms with Gasteiger partial charge in [0.15, 0.2) is 0 Å². The van der Waals surface area contributed by atoms with Crippen LogP contribution in [0, 0.1) is 25.7 Å². The van der Waals surface area contributed by atoms with Crippen molar-refractivity contribution in [3.8, 4) is 23.1 Å². The molecule has 0 bridgehead atoms. The van der Waals surface area contributed by atoms with Crippen LogP contribution in [0.2, 0.25) is 0 Å². The van der Waals surface area contributed by atoms with Gasteiger partial charge in [0.25, 0.3) is 0 Å². The minimum absolute atomic E-state index is 0. The van der Waals surface area contributed by atoms with Crippen molar-refractivity contribution >= 4 is 21.7 Å². The Morgan fingerprint density at radius 3 is 2.20 bits per heavy atom. The van der Waals surface area contributed by atoms with Gasteiger partial charge in [0, 0.05) is 17.9 Å². The maximum atomic E-state index is 5.05. The minimum Gasteiger partial charge on any atom is -0.246 e. The summed E-state index contributed by atoms with van der Waals surface area (Å²) in [6.07, 6.45) is 0. The number of nitrogens with zero attached hydrogens (tertiary/aromatic N) is 1. The van der Waals surface area contributed by atoms with E-state index in [2.05, 4.69) is 117 Å². The van der Waals surface area contributed by atoms with Crippen LogP contribution in [-0.4, -0.2) is 4.98 Å². The number of rotatable bonds is 1. The SMILES string of the molecule is Cc1cccc(C)c1C#Cc1cccc2ccc(-c3cccc4ccccc34)nc12.[HH]. The number of pyridine rings is 1. The molecule has 0 saturated heterocycles. The zero-order valence-electron chi connectivity index (χ0n) is 17.1. The highest BCUT2D eigenvalue weighted by atomic mass is 14.7. The van der Waals surface area contributed by atoms with Gasteiger partial charge in [-0.1, -0.05) is 90.7 Å². The summed E-state index contributed by atoms with van der Waals surface area (Å²) in [4.78, 5) is 5.05. The van der Waals surface area contributed by atoms with E-state index in [1.54, 1.807) is 0 Å². The normalized spacial score (nSPS) is 10.7. The third-order valence-corrected chi connectivity index (χ3v) is 5.59. The predicted molar refractivity (Wildman–Crippen MR) is 129 cm³/mol. The largest absolute Gasteiger partial charge is 0.246 e. The van der Waals surface area contributed by atoms with Crippen LogP contribution >= 0.6 is 0 Å². The summed E-state index contributed by atoms with van der Waals surface area (Å²) in [5.74, 6) is 6.78. The first kappa shape index (κ1) is 18.2. The van der Waals surface area contributed by atoms with E-state index < -0.39 is 0 Å². The smallest absolute Gasteiger partial charge is 0.0865 e. The molecule has 0 saturated carbocycles. The summed E-state index contributed by atoms with van der Waals surface area (Å²) in [6, 6.07) is 31.6. The van der Waals surface area contributed by atoms with Gasteiger partial charge in [0.05, 0.1) is 16.8 Å². The molecular formula is C29H23N. The molecule has 30 heavy (non-hydrogen) atoms. The Labute approximate surface area is 178 Å². The van der Waals surface area contributed by atoms with Crippen LogP contribution in [0.15, 0.2) is 91.0 Å². The van der Waals surface area contributed by atoms with Gasteiger partial charge in [-0.15, -0.1) is 0 Å². The van der Waals surface area contributed by atoms with E-state index in [1.807, 2.05) is 0 Å². The van der Waals surface area contributed by atoms with E-state index in [1.165, 1.54) is 21.9 Å². The second-order valence-electron chi connectivity index (χ2n) is 7.62. The summed E-state index contributed by atoms with van der Waals surface area (Å²) in [5, 5.41) is 3.54. The van der Waals surface area contributed by atoms with Crippen molar-refractivity contribution in [2.45, 2.75) is 13.8 Å². The zero-order valence-corrected chi connectivity index (χ0v) is 17.1. The molecule has 5 rings (SSSR count). The van der Waals surface area contributed by atoms with Crippen molar-refractivity contribution in [3.05, 3.63) is 113 Å². The van der Waals surface area contributed by atoms with Crippen molar-refractivity contribution < 1.29 is 1.43 Å². The maximum absolute atomic E-state index is 5.05. The summed E-state index contributed by atoms with van der Waals surface area (Å²) in [6.45, 7) is 4.22. The van der Waals surface area contributed by atoms with Crippen LogP contribution in [0.3, 0.4) is 0 Å². The second kappa shape index (κ2) is 7.50. The fourth-order valence-electron chi connectivity index (χ4n) is 3.99. The molecule has 4 aromatic carbocycles. The molecular weight excluding hydrogens is 362 g/mol. The number of hydrogen-bond donors (Lipinski definition) is 0. The molecule has 0 radical (unpaired) electrons. The first-order chi connectivity index (χ1) is 14.7. The van der Waals surface area contributed by atoms with Crippen LogP contribution in [0.1, 0.15) is 23.7 Å². The van der Waals surface area contributed by atoms with E-state index in [0.717, 1.165) is 33.3 Å². The quantitative estimate of drug-likeness (QED) is 0.276. The predicted octanol–water partition coefficient (Wildman–Crippen LogP) is 7.32. The highest BCUT2D eigenvalue weighted by molar-refractivity contribution is 5.97. The molecule has 0 aliphatic carbocycles. The molecule has 1 heteroatoms. The number of hydrogen-bond acceptors (Lipinski definition) is 1. The highest BCUT2D eigenvalue weighted by Crippen LogP contribution is 2.29. The van der Waals surface area contributed by atoms with Crippen molar-refractivity contribution in [3.63, 3.8) is 0 Å². The number of para-hydroxylation sites is 1. The van der Waals surface area contributed by atoms with Gasteiger partial charge in [-0.25, -0.2) is 4.98 Å². The number of fused-ring (bicyclic) bond motifs is 2. The lowest BCUT2D eigenvalue weighted by Gasteiger charge is -2.08. The Hall–Kier alpha value is -3.89. The Balaban J connectivity index is 0.00000231. The molecule has 5 aromatic rings. The van der Waals surface area contributed by atoms with Crippen LogP contribution in [0.4, 0.5) is 0 Å². The fourth-order valence-corrected chi connectivity index (χ4v) is 3.99. The summed E-state index contributed by atoms with van der Waals surface area (Å²) in [7, 11) is 0. The summed E-state index contributed by atoms with van der Waals surface area (Å²) < 4.78 is 0. The standard InChI is InChI=1S/C29H21N.H2/c1-20-8-5-9-21(2)25(20)18-16-23-12-6-13-24-17-19-28(30-29(23)24)27-15-7-11-22-10-3-4-14-26(22)27;/h3-15,17,19H,1-2H3;1H. The third kappa shape index (κ3) is 3.23. The van der Waals surface area contributed by atoms with E-state index in [4.69, 9.17) is 4.98 Å². The van der Waals surface area contributed by atoms with E-state index in [0.29, 0.717) is 0 Å². The maximum Gasteiger partial charge on any atom is 0.0865 e. The second-order valence-corrected chi connectivity index (χ2v) is 7.62. The van der Waals surface area contributed by atoms with Crippen LogP contribution in [0.5, 0.6) is 0 Å². The Kier molecular flexibility index (Phi) is 4.54. The van der Waals surface area contributed by atoms with Gasteiger partial charge in [-0.2, -0.15) is 0 Å². The van der Waals surface area contributed by atoms with Gasteiger partial charge in [-0.3, -0.25) is 0 Å². The van der Waals surface area contributed by atoms with Gasteiger partial charge in [0.1, 0.15) is 0 Å². The molecule has 1 heterocycles. The van der Waals surface area contributed by atoms with E-state index in [-0.39, 0.29) is 1.43 Å². The molecule has 0 atom stereocenters. The number of aryl methyl sites for hydroxylation is 2. The Bertz CT molecular complexity index is 1450. The first-order valence-electron chi connectivity index (χ1n) is 10.2. The molecule has 0 fully saturated rings. The first-order valence-corrected chi connectivity index (χ1v) is 10.2. The molecule has 144 valence electrons. The molecule has 0 amide bonds. The van der Waals surface area contributed by atoms with Gasteiger partial charge in [-0.05, 0) is 47.9 Å². The monoisotopic (exact) mass is 385 g/mol. The molecule has 0 spiro atoms. The van der Waals surface area contributed by atoms with Crippen molar-refractivity contribution in [2.75, 3.05) is 0 Å². The summed E-state index contributed by atoms with van der Waals surface area (Å²) >= 11 is 0. The Morgan fingerprint density at radius 1 is 0.633 bits per heavy atom. The highest BCUT2D eigenvalue weighted by Gasteiger charge is 2.08. The summed E-state index contributed by atoms with van der Waals surface area (Å²) in [5.41, 5.74) is 7.52. The van der Waals surface area contributed by atoms with E-state index in [9.17, 15) is 0 Å². The molecule has 0 aliphatic heterocycles. The lowest BCUT2D eigenvalue weighted by atomic mass is 10.0. The van der Waals surface area contributed by atoms with Crippen molar-refractivity contribution in [1.29, 1.82) is 0 Å². The molecule has 1 nitrogen and oxygen atoms in total. The molecule has 1 aromatic heterocycles. The average Bonchev–Trinajstić information content (AvgIpc) is 2.78. The average molecular weight is 386 g/mol. The zero-order chi connectivity index (χ0) is 20.5. The van der Waals surface area contributed by atoms with Gasteiger partial charge in [0.2, 0.25) is 0 Å². The minimum atomic E-state index is 0. The van der Waals surface area contributed by atoms with Crippen LogP contribution in [-0.2, 0) is 0 Å². The van der Waals surface area contributed by atoms with E-state index >= 15 is 0 Å². The lowest BCUT2D eigenvalue weighted by molar-refractivity contribution is 1.35. The number of aromatic nitrogens is 1. The van der Waals surface area contributed by atoms with Crippen molar-refractivity contribution in [1.82, 2.24) is 4.98 Å². The third-order valence-electron chi connectivity index (χ3n) is 5.59. The van der Waals surface area contributed by atoms with Gasteiger partial charge >= 0.3 is 0 Å². The van der Waals surface area contributed by atoms with Crippen LogP contribution in [0.25, 0.3) is 32.9 Å². The molecule has 0 N–H and O–H groups in total. The van der Waals surface area contributed by atoms with Crippen molar-refractivity contribution in [2.24, 2.45) is 0 Å². The lowest BCUT2D eigenvalue weighted by Crippen LogP contribution is -1.90. The number of benzene rings is 4. The van der Waals surface area contributed by atoms with Crippen LogP contribution < -0.4 is 0 Å².